The van der Waals surface area contributed by atoms with Crippen LogP contribution in [0.15, 0.2) is 22.7 Å². The monoisotopic (exact) mass is 296 g/mol. The average molecular weight is 297 g/mol. The third kappa shape index (κ3) is 3.46. The fourth-order valence-electron chi connectivity index (χ4n) is 2.71. The van der Waals surface area contributed by atoms with Gasteiger partial charge in [0.2, 0.25) is 0 Å². The first-order chi connectivity index (χ1) is 8.19. The van der Waals surface area contributed by atoms with Gasteiger partial charge in [0.25, 0.3) is 0 Å². The average Bonchev–Trinajstić information content (AvgIpc) is 2.28. The highest BCUT2D eigenvalue weighted by Crippen LogP contribution is 2.28. The molecular weight excluding hydrogens is 276 g/mol. The number of hydrogen-bond acceptors (Lipinski definition) is 2. The van der Waals surface area contributed by atoms with Gasteiger partial charge < -0.3 is 11.1 Å². The molecule has 2 rings (SSSR count). The smallest absolute Gasteiger partial charge is 0.0356 e. The molecule has 0 amide bonds. The number of aryl methyl sites for hydroxylation is 1. The highest BCUT2D eigenvalue weighted by Gasteiger charge is 2.23. The molecule has 0 bridgehead atoms. The van der Waals surface area contributed by atoms with Crippen LogP contribution >= 0.6 is 15.9 Å². The molecule has 0 spiro atoms. The van der Waals surface area contributed by atoms with E-state index in [0.29, 0.717) is 12.0 Å². The van der Waals surface area contributed by atoms with Gasteiger partial charge in [0.15, 0.2) is 0 Å². The highest BCUT2D eigenvalue weighted by atomic mass is 79.9. The Kier molecular flexibility index (Phi) is 4.46. The van der Waals surface area contributed by atoms with Crippen LogP contribution in [0.25, 0.3) is 0 Å². The van der Waals surface area contributed by atoms with Crippen molar-refractivity contribution in [2.45, 2.75) is 38.6 Å². The Bertz CT molecular complexity index is 358. The first-order valence-electron chi connectivity index (χ1n) is 6.43. The van der Waals surface area contributed by atoms with Gasteiger partial charge in [0.1, 0.15) is 0 Å². The third-order valence-corrected chi connectivity index (χ3v) is 4.06. The predicted molar refractivity (Wildman–Crippen MR) is 77.3 cm³/mol. The molecule has 0 heterocycles. The SMILES string of the molecule is Cc1cc(Br)cc(NC2CCCCC2CN)c1. The lowest BCUT2D eigenvalue weighted by Gasteiger charge is -2.32. The van der Waals surface area contributed by atoms with E-state index in [4.69, 9.17) is 5.73 Å². The summed E-state index contributed by atoms with van der Waals surface area (Å²) in [5.41, 5.74) is 8.35. The van der Waals surface area contributed by atoms with Gasteiger partial charge in [0, 0.05) is 16.2 Å². The summed E-state index contributed by atoms with van der Waals surface area (Å²) in [6.07, 6.45) is 5.16. The Hall–Kier alpha value is -0.540. The topological polar surface area (TPSA) is 38.0 Å². The van der Waals surface area contributed by atoms with E-state index in [2.05, 4.69) is 46.4 Å². The molecule has 1 aromatic carbocycles. The van der Waals surface area contributed by atoms with Crippen molar-refractivity contribution in [1.29, 1.82) is 0 Å². The van der Waals surface area contributed by atoms with Crippen LogP contribution in [0.4, 0.5) is 5.69 Å². The van der Waals surface area contributed by atoms with Crippen LogP contribution in [-0.2, 0) is 0 Å². The molecule has 94 valence electrons. The molecule has 1 aliphatic carbocycles. The van der Waals surface area contributed by atoms with Gasteiger partial charge in [-0.1, -0.05) is 28.8 Å². The number of hydrogen-bond donors (Lipinski definition) is 2. The molecule has 1 fully saturated rings. The van der Waals surface area contributed by atoms with Crippen LogP contribution in [-0.4, -0.2) is 12.6 Å². The molecule has 0 radical (unpaired) electrons. The fourth-order valence-corrected chi connectivity index (χ4v) is 3.32. The summed E-state index contributed by atoms with van der Waals surface area (Å²) in [5.74, 6) is 0.628. The lowest BCUT2D eigenvalue weighted by atomic mass is 9.84. The molecule has 2 nitrogen and oxygen atoms in total. The van der Waals surface area contributed by atoms with Gasteiger partial charge in [-0.25, -0.2) is 0 Å². The molecule has 1 aliphatic rings. The number of rotatable bonds is 3. The molecule has 17 heavy (non-hydrogen) atoms. The summed E-state index contributed by atoms with van der Waals surface area (Å²) in [6.45, 7) is 2.92. The number of nitrogens with one attached hydrogen (secondary N) is 1. The quantitative estimate of drug-likeness (QED) is 0.893. The number of benzene rings is 1. The molecule has 2 atom stereocenters. The van der Waals surface area contributed by atoms with E-state index < -0.39 is 0 Å². The standard InChI is InChI=1S/C14H21BrN2/c1-10-6-12(15)8-13(7-10)17-14-5-3-2-4-11(14)9-16/h6-8,11,14,17H,2-5,9,16H2,1H3. The van der Waals surface area contributed by atoms with Crippen LogP contribution in [0.5, 0.6) is 0 Å². The Labute approximate surface area is 112 Å². The van der Waals surface area contributed by atoms with Gasteiger partial charge in [-0.15, -0.1) is 0 Å². The molecule has 0 saturated heterocycles. The van der Waals surface area contributed by atoms with Crippen molar-refractivity contribution < 1.29 is 0 Å². The molecule has 0 aromatic heterocycles. The van der Waals surface area contributed by atoms with Crippen molar-refractivity contribution in [3.8, 4) is 0 Å². The van der Waals surface area contributed by atoms with Crippen LogP contribution in [0.2, 0.25) is 0 Å². The molecule has 1 aromatic rings. The molecule has 3 heteroatoms. The minimum atomic E-state index is 0.544. The summed E-state index contributed by atoms with van der Waals surface area (Å²) in [4.78, 5) is 0. The maximum absolute atomic E-state index is 5.86. The zero-order valence-electron chi connectivity index (χ0n) is 10.4. The Morgan fingerprint density at radius 3 is 2.76 bits per heavy atom. The van der Waals surface area contributed by atoms with Crippen LogP contribution in [0.1, 0.15) is 31.2 Å². The van der Waals surface area contributed by atoms with Crippen LogP contribution in [0, 0.1) is 12.8 Å². The largest absolute Gasteiger partial charge is 0.382 e. The Morgan fingerprint density at radius 1 is 1.29 bits per heavy atom. The van der Waals surface area contributed by atoms with Crippen LogP contribution < -0.4 is 11.1 Å². The fraction of sp³-hybridized carbons (Fsp3) is 0.571. The molecule has 1 saturated carbocycles. The van der Waals surface area contributed by atoms with Crippen molar-refractivity contribution in [3.05, 3.63) is 28.2 Å². The minimum absolute atomic E-state index is 0.544. The lowest BCUT2D eigenvalue weighted by Crippen LogP contribution is -2.36. The van der Waals surface area contributed by atoms with Crippen molar-refractivity contribution in [1.82, 2.24) is 0 Å². The minimum Gasteiger partial charge on any atom is -0.382 e. The van der Waals surface area contributed by atoms with Gasteiger partial charge >= 0.3 is 0 Å². The van der Waals surface area contributed by atoms with E-state index in [-0.39, 0.29) is 0 Å². The number of nitrogens with two attached hydrogens (primary N) is 1. The Balaban J connectivity index is 2.08. The number of anilines is 1. The zero-order valence-corrected chi connectivity index (χ0v) is 12.0. The van der Waals surface area contributed by atoms with Gasteiger partial charge in [-0.2, -0.15) is 0 Å². The van der Waals surface area contributed by atoms with E-state index in [1.54, 1.807) is 0 Å². The normalized spacial score (nSPS) is 24.6. The van der Waals surface area contributed by atoms with Gasteiger partial charge in [-0.05, 0) is 56.0 Å². The van der Waals surface area contributed by atoms with Crippen molar-refractivity contribution in [2.24, 2.45) is 11.7 Å². The maximum atomic E-state index is 5.86. The van der Waals surface area contributed by atoms with E-state index in [1.165, 1.54) is 36.9 Å². The summed E-state index contributed by atoms with van der Waals surface area (Å²) in [5, 5.41) is 3.65. The number of halogens is 1. The first kappa shape index (κ1) is 12.9. The highest BCUT2D eigenvalue weighted by molar-refractivity contribution is 9.10. The molecule has 0 aliphatic heterocycles. The van der Waals surface area contributed by atoms with E-state index in [1.807, 2.05) is 0 Å². The third-order valence-electron chi connectivity index (χ3n) is 3.61. The summed E-state index contributed by atoms with van der Waals surface area (Å²) in [6, 6.07) is 7.02. The van der Waals surface area contributed by atoms with Crippen molar-refractivity contribution >= 4 is 21.6 Å². The Morgan fingerprint density at radius 2 is 2.06 bits per heavy atom. The van der Waals surface area contributed by atoms with Crippen LogP contribution in [0.3, 0.4) is 0 Å². The summed E-state index contributed by atoms with van der Waals surface area (Å²) < 4.78 is 1.14. The molecular formula is C14H21BrN2. The predicted octanol–water partition coefficient (Wildman–Crippen LogP) is 3.69. The summed E-state index contributed by atoms with van der Waals surface area (Å²) >= 11 is 3.55. The molecule has 3 N–H and O–H groups in total. The zero-order chi connectivity index (χ0) is 12.3. The van der Waals surface area contributed by atoms with Gasteiger partial charge in [-0.3, -0.25) is 0 Å². The second-order valence-electron chi connectivity index (χ2n) is 5.05. The summed E-state index contributed by atoms with van der Waals surface area (Å²) in [7, 11) is 0. The van der Waals surface area contributed by atoms with Gasteiger partial charge in [0.05, 0.1) is 0 Å². The first-order valence-corrected chi connectivity index (χ1v) is 7.22. The second kappa shape index (κ2) is 5.87. The molecule has 2 unspecified atom stereocenters. The van der Waals surface area contributed by atoms with E-state index in [0.717, 1.165) is 11.0 Å². The van der Waals surface area contributed by atoms with Crippen molar-refractivity contribution in [2.75, 3.05) is 11.9 Å². The van der Waals surface area contributed by atoms with E-state index >= 15 is 0 Å². The van der Waals surface area contributed by atoms with Crippen molar-refractivity contribution in [3.63, 3.8) is 0 Å². The second-order valence-corrected chi connectivity index (χ2v) is 5.96. The van der Waals surface area contributed by atoms with E-state index in [9.17, 15) is 0 Å². The maximum Gasteiger partial charge on any atom is 0.0356 e. The lowest BCUT2D eigenvalue weighted by molar-refractivity contribution is 0.332.